The van der Waals surface area contributed by atoms with Gasteiger partial charge in [-0.3, -0.25) is 14.4 Å². The van der Waals surface area contributed by atoms with E-state index in [1.807, 2.05) is 19.1 Å². The summed E-state index contributed by atoms with van der Waals surface area (Å²) in [5, 5.41) is 11.8. The number of carbonyl (C=O) groups is 3. The van der Waals surface area contributed by atoms with Crippen LogP contribution in [0.5, 0.6) is 0 Å². The lowest BCUT2D eigenvalue weighted by Crippen LogP contribution is -2.50. The Bertz CT molecular complexity index is 602. The van der Waals surface area contributed by atoms with Crippen LogP contribution in [-0.2, 0) is 20.7 Å². The Kier molecular flexibility index (Phi) is 6.09. The van der Waals surface area contributed by atoms with Crippen molar-refractivity contribution in [2.24, 2.45) is 0 Å². The highest BCUT2D eigenvalue weighted by atomic mass is 16.5. The molecule has 24 heavy (non-hydrogen) atoms. The highest BCUT2D eigenvalue weighted by Crippen LogP contribution is 2.23. The Balaban J connectivity index is 1.87. The first-order valence-corrected chi connectivity index (χ1v) is 8.17. The fourth-order valence-corrected chi connectivity index (χ4v) is 2.83. The van der Waals surface area contributed by atoms with Crippen molar-refractivity contribution in [1.82, 2.24) is 5.32 Å². The van der Waals surface area contributed by atoms with E-state index in [0.29, 0.717) is 18.6 Å². The van der Waals surface area contributed by atoms with Gasteiger partial charge in [-0.05, 0) is 18.4 Å². The summed E-state index contributed by atoms with van der Waals surface area (Å²) in [5.41, 5.74) is 0.889. The van der Waals surface area contributed by atoms with Crippen LogP contribution < -0.4 is 5.32 Å². The van der Waals surface area contributed by atoms with Crippen LogP contribution >= 0.6 is 0 Å². The molecule has 0 aromatic heterocycles. The normalized spacial score (nSPS) is 19.9. The minimum absolute atomic E-state index is 0.0374. The van der Waals surface area contributed by atoms with Crippen molar-refractivity contribution in [3.8, 4) is 0 Å². The molecule has 1 heterocycles. The maximum atomic E-state index is 12.1. The molecule has 1 aliphatic heterocycles. The van der Waals surface area contributed by atoms with Gasteiger partial charge in [-0.1, -0.05) is 31.2 Å². The molecule has 6 nitrogen and oxygen atoms in total. The molecule has 0 radical (unpaired) electrons. The van der Waals surface area contributed by atoms with Crippen LogP contribution in [0.15, 0.2) is 24.3 Å². The lowest BCUT2D eigenvalue weighted by molar-refractivity contribution is -0.139. The van der Waals surface area contributed by atoms with Gasteiger partial charge in [0.05, 0.1) is 18.6 Å². The van der Waals surface area contributed by atoms with E-state index >= 15 is 0 Å². The number of rotatable bonds is 8. The van der Waals surface area contributed by atoms with Crippen molar-refractivity contribution >= 4 is 17.7 Å². The van der Waals surface area contributed by atoms with Crippen LogP contribution in [0, 0.1) is 0 Å². The number of hydrogen-bond donors (Lipinski definition) is 2. The summed E-state index contributed by atoms with van der Waals surface area (Å²) in [5.74, 6) is -1.39. The first-order chi connectivity index (χ1) is 11.4. The number of carboxylic acid groups (broad SMARTS) is 1. The Morgan fingerprint density at radius 1 is 1.21 bits per heavy atom. The number of hydrogen-bond acceptors (Lipinski definition) is 4. The van der Waals surface area contributed by atoms with Gasteiger partial charge in [0.15, 0.2) is 5.78 Å². The van der Waals surface area contributed by atoms with E-state index in [2.05, 4.69) is 5.32 Å². The van der Waals surface area contributed by atoms with Gasteiger partial charge in [0.2, 0.25) is 5.91 Å². The number of benzene rings is 1. The number of Topliss-reactive ketones (excluding diaryl/α,β-unsaturated/α-hetero) is 1. The fraction of sp³-hybridized carbons (Fsp3) is 0.500. The second kappa shape index (κ2) is 8.06. The topological polar surface area (TPSA) is 92.7 Å². The van der Waals surface area contributed by atoms with E-state index < -0.39 is 11.5 Å². The first kappa shape index (κ1) is 18.1. The molecule has 0 spiro atoms. The summed E-state index contributed by atoms with van der Waals surface area (Å²) >= 11 is 0. The Morgan fingerprint density at radius 3 is 2.46 bits per heavy atom. The number of carboxylic acids is 1. The van der Waals surface area contributed by atoms with Crippen molar-refractivity contribution < 1.29 is 24.2 Å². The molecule has 2 N–H and O–H groups in total. The Morgan fingerprint density at radius 2 is 1.92 bits per heavy atom. The van der Waals surface area contributed by atoms with Gasteiger partial charge >= 0.3 is 5.97 Å². The average molecular weight is 333 g/mol. The predicted molar refractivity (Wildman–Crippen MR) is 87.9 cm³/mol. The number of aliphatic carboxylic acids is 1. The molecule has 130 valence electrons. The number of ketones is 1. The molecule has 1 amide bonds. The summed E-state index contributed by atoms with van der Waals surface area (Å²) in [4.78, 5) is 35.2. The van der Waals surface area contributed by atoms with Crippen molar-refractivity contribution in [3.63, 3.8) is 0 Å². The van der Waals surface area contributed by atoms with E-state index in [0.717, 1.165) is 12.0 Å². The van der Waals surface area contributed by atoms with E-state index in [4.69, 9.17) is 9.84 Å². The molecule has 2 rings (SSSR count). The minimum Gasteiger partial charge on any atom is -0.481 e. The zero-order chi connectivity index (χ0) is 17.6. The van der Waals surface area contributed by atoms with Crippen molar-refractivity contribution in [1.29, 1.82) is 0 Å². The van der Waals surface area contributed by atoms with Crippen LogP contribution in [0.25, 0.3) is 0 Å². The van der Waals surface area contributed by atoms with Gasteiger partial charge in [0, 0.05) is 25.0 Å². The number of carbonyl (C=O) groups excluding carboxylic acids is 2. The van der Waals surface area contributed by atoms with E-state index in [-0.39, 0.29) is 37.6 Å². The van der Waals surface area contributed by atoms with E-state index in [9.17, 15) is 14.4 Å². The maximum Gasteiger partial charge on any atom is 0.305 e. The summed E-state index contributed by atoms with van der Waals surface area (Å²) in [6.45, 7) is 2.66. The predicted octanol–water partition coefficient (Wildman–Crippen LogP) is 1.96. The molecule has 0 bridgehead atoms. The van der Waals surface area contributed by atoms with Gasteiger partial charge in [-0.25, -0.2) is 0 Å². The molecular formula is C18H23NO5. The third-order valence-electron chi connectivity index (χ3n) is 4.26. The van der Waals surface area contributed by atoms with Gasteiger partial charge in [0.1, 0.15) is 0 Å². The van der Waals surface area contributed by atoms with Gasteiger partial charge in [-0.2, -0.15) is 0 Å². The summed E-state index contributed by atoms with van der Waals surface area (Å²) in [6, 6.07) is 7.36. The van der Waals surface area contributed by atoms with Crippen LogP contribution in [-0.4, -0.2) is 41.5 Å². The van der Waals surface area contributed by atoms with Gasteiger partial charge in [0.25, 0.3) is 0 Å². The fourth-order valence-electron chi connectivity index (χ4n) is 2.83. The molecule has 0 aliphatic carbocycles. The zero-order valence-corrected chi connectivity index (χ0v) is 13.8. The lowest BCUT2D eigenvalue weighted by Gasteiger charge is -2.26. The first-order valence-electron chi connectivity index (χ1n) is 8.17. The molecule has 1 unspecified atom stereocenters. The van der Waals surface area contributed by atoms with Crippen molar-refractivity contribution in [2.45, 2.75) is 44.6 Å². The largest absolute Gasteiger partial charge is 0.481 e. The minimum atomic E-state index is -0.979. The Labute approximate surface area is 141 Å². The Hall–Kier alpha value is -2.21. The van der Waals surface area contributed by atoms with Crippen LogP contribution in [0.1, 0.15) is 48.5 Å². The highest BCUT2D eigenvalue weighted by molar-refractivity contribution is 5.98. The summed E-state index contributed by atoms with van der Waals surface area (Å²) in [6.07, 6.45) is 1.34. The number of nitrogens with one attached hydrogen (secondary N) is 1. The molecule has 1 fully saturated rings. The third kappa shape index (κ3) is 4.89. The van der Waals surface area contributed by atoms with E-state index in [1.54, 1.807) is 12.1 Å². The van der Waals surface area contributed by atoms with E-state index in [1.165, 1.54) is 0 Å². The number of amides is 1. The maximum absolute atomic E-state index is 12.1. The lowest BCUT2D eigenvalue weighted by atomic mass is 9.94. The SMILES string of the molecule is CCc1ccc(C(=O)CCC(=O)NC2(CC(=O)O)CCOC2)cc1. The number of ether oxygens (including phenoxy) is 1. The zero-order valence-electron chi connectivity index (χ0n) is 13.8. The van der Waals surface area contributed by atoms with Crippen molar-refractivity contribution in [2.75, 3.05) is 13.2 Å². The molecule has 0 saturated carbocycles. The van der Waals surface area contributed by atoms with Crippen LogP contribution in [0.4, 0.5) is 0 Å². The summed E-state index contributed by atoms with van der Waals surface area (Å²) < 4.78 is 5.23. The monoisotopic (exact) mass is 333 g/mol. The highest BCUT2D eigenvalue weighted by Gasteiger charge is 2.38. The summed E-state index contributed by atoms with van der Waals surface area (Å²) in [7, 11) is 0. The van der Waals surface area contributed by atoms with Gasteiger partial charge in [-0.15, -0.1) is 0 Å². The molecule has 1 aliphatic rings. The number of aryl methyl sites for hydroxylation is 1. The third-order valence-corrected chi connectivity index (χ3v) is 4.26. The smallest absolute Gasteiger partial charge is 0.305 e. The molecule has 6 heteroatoms. The second-order valence-corrected chi connectivity index (χ2v) is 6.18. The molecule has 1 atom stereocenters. The van der Waals surface area contributed by atoms with Crippen LogP contribution in [0.3, 0.4) is 0 Å². The second-order valence-electron chi connectivity index (χ2n) is 6.18. The van der Waals surface area contributed by atoms with Crippen molar-refractivity contribution in [3.05, 3.63) is 35.4 Å². The molecule has 1 aromatic rings. The molecular weight excluding hydrogens is 310 g/mol. The standard InChI is InChI=1S/C18H23NO5/c1-2-13-3-5-14(6-4-13)15(20)7-8-16(21)19-18(11-17(22)23)9-10-24-12-18/h3-6H,2,7-12H2,1H3,(H,19,21)(H,22,23). The molecule has 1 saturated heterocycles. The quantitative estimate of drug-likeness (QED) is 0.710. The average Bonchev–Trinajstić information content (AvgIpc) is 2.99. The van der Waals surface area contributed by atoms with Gasteiger partial charge < -0.3 is 15.2 Å². The van der Waals surface area contributed by atoms with Crippen LogP contribution in [0.2, 0.25) is 0 Å². The molecule has 1 aromatic carbocycles.